The van der Waals surface area contributed by atoms with Crippen molar-refractivity contribution in [2.75, 3.05) is 13.7 Å². The summed E-state index contributed by atoms with van der Waals surface area (Å²) in [5.41, 5.74) is 0.455. The first-order valence-corrected chi connectivity index (χ1v) is 4.26. The van der Waals surface area contributed by atoms with Gasteiger partial charge in [-0.25, -0.2) is 4.79 Å². The molecular weight excluding hydrogens is 172 g/mol. The minimum atomic E-state index is -0.575. The second kappa shape index (κ2) is 4.39. The first-order chi connectivity index (χ1) is 6.19. The Labute approximate surface area is 77.5 Å². The highest BCUT2D eigenvalue weighted by Crippen LogP contribution is 2.21. The number of esters is 1. The van der Waals surface area contributed by atoms with E-state index in [1.165, 1.54) is 7.11 Å². The largest absolute Gasteiger partial charge is 0.462 e. The van der Waals surface area contributed by atoms with Gasteiger partial charge in [0, 0.05) is 7.11 Å². The van der Waals surface area contributed by atoms with E-state index in [0.29, 0.717) is 12.2 Å². The van der Waals surface area contributed by atoms with Crippen LogP contribution in [0.5, 0.6) is 0 Å². The molecule has 1 heterocycles. The third-order valence-corrected chi connectivity index (χ3v) is 1.73. The Morgan fingerprint density at radius 2 is 2.38 bits per heavy atom. The van der Waals surface area contributed by atoms with Crippen LogP contribution in [0.3, 0.4) is 0 Å². The van der Waals surface area contributed by atoms with Gasteiger partial charge in [-0.05, 0) is 19.9 Å². The molecule has 0 aromatic carbocycles. The molecule has 0 saturated heterocycles. The summed E-state index contributed by atoms with van der Waals surface area (Å²) in [6, 6.07) is 0. The quantitative estimate of drug-likeness (QED) is 0.613. The molecule has 0 N–H and O–H groups in total. The van der Waals surface area contributed by atoms with E-state index in [0.717, 1.165) is 0 Å². The van der Waals surface area contributed by atoms with Crippen molar-refractivity contribution in [1.82, 2.24) is 0 Å². The van der Waals surface area contributed by atoms with Gasteiger partial charge in [-0.15, -0.1) is 0 Å². The standard InChI is InChI=1S/C9H14O4/c1-4-12-8(10)7-5-6(2)13-9(7)11-3/h5-6,9H,4H2,1-3H3. The van der Waals surface area contributed by atoms with E-state index in [9.17, 15) is 4.79 Å². The van der Waals surface area contributed by atoms with E-state index >= 15 is 0 Å². The topological polar surface area (TPSA) is 44.8 Å². The Morgan fingerprint density at radius 3 is 2.92 bits per heavy atom. The summed E-state index contributed by atoms with van der Waals surface area (Å²) in [4.78, 5) is 11.3. The molecule has 0 spiro atoms. The van der Waals surface area contributed by atoms with E-state index in [-0.39, 0.29) is 12.1 Å². The van der Waals surface area contributed by atoms with E-state index in [1.54, 1.807) is 13.0 Å². The van der Waals surface area contributed by atoms with Gasteiger partial charge in [0.1, 0.15) is 0 Å². The van der Waals surface area contributed by atoms with Crippen LogP contribution in [0.4, 0.5) is 0 Å². The number of carbonyl (C=O) groups excluding carboxylic acids is 1. The van der Waals surface area contributed by atoms with E-state index in [1.807, 2.05) is 6.92 Å². The summed E-state index contributed by atoms with van der Waals surface area (Å²) in [7, 11) is 1.50. The molecule has 74 valence electrons. The van der Waals surface area contributed by atoms with Crippen molar-refractivity contribution in [3.63, 3.8) is 0 Å². The molecule has 0 aromatic heterocycles. The molecule has 1 rings (SSSR count). The van der Waals surface area contributed by atoms with Gasteiger partial charge >= 0.3 is 5.97 Å². The lowest BCUT2D eigenvalue weighted by atomic mass is 10.2. The van der Waals surface area contributed by atoms with Crippen LogP contribution in [0, 0.1) is 0 Å². The van der Waals surface area contributed by atoms with Crippen molar-refractivity contribution in [3.05, 3.63) is 11.6 Å². The van der Waals surface area contributed by atoms with Crippen molar-refractivity contribution in [2.45, 2.75) is 26.2 Å². The second-order valence-electron chi connectivity index (χ2n) is 2.75. The van der Waals surface area contributed by atoms with Crippen molar-refractivity contribution in [2.24, 2.45) is 0 Å². The monoisotopic (exact) mass is 186 g/mol. The first kappa shape index (κ1) is 10.2. The molecule has 2 atom stereocenters. The van der Waals surface area contributed by atoms with Gasteiger partial charge in [-0.2, -0.15) is 0 Å². The summed E-state index contributed by atoms with van der Waals surface area (Å²) in [5, 5.41) is 0. The van der Waals surface area contributed by atoms with E-state index in [4.69, 9.17) is 14.2 Å². The first-order valence-electron chi connectivity index (χ1n) is 4.26. The number of hydrogen-bond donors (Lipinski definition) is 0. The van der Waals surface area contributed by atoms with E-state index < -0.39 is 6.29 Å². The van der Waals surface area contributed by atoms with Crippen LogP contribution in [0.2, 0.25) is 0 Å². The number of hydrogen-bond acceptors (Lipinski definition) is 4. The average molecular weight is 186 g/mol. The molecule has 0 radical (unpaired) electrons. The SMILES string of the molecule is CCOC(=O)C1=CC(C)OC1OC. The maximum absolute atomic E-state index is 11.3. The van der Waals surface area contributed by atoms with Crippen molar-refractivity contribution >= 4 is 5.97 Å². The molecule has 4 nitrogen and oxygen atoms in total. The molecule has 0 fully saturated rings. The fraction of sp³-hybridized carbons (Fsp3) is 0.667. The van der Waals surface area contributed by atoms with Crippen molar-refractivity contribution in [1.29, 1.82) is 0 Å². The number of ether oxygens (including phenoxy) is 3. The van der Waals surface area contributed by atoms with Crippen LogP contribution in [-0.4, -0.2) is 32.1 Å². The van der Waals surface area contributed by atoms with Gasteiger partial charge < -0.3 is 14.2 Å². The van der Waals surface area contributed by atoms with Gasteiger partial charge in [0.25, 0.3) is 0 Å². The molecule has 0 bridgehead atoms. The molecule has 1 aliphatic heterocycles. The normalized spacial score (nSPS) is 27.2. The van der Waals surface area contributed by atoms with Gasteiger partial charge in [-0.1, -0.05) is 0 Å². The Morgan fingerprint density at radius 1 is 1.69 bits per heavy atom. The molecule has 13 heavy (non-hydrogen) atoms. The lowest BCUT2D eigenvalue weighted by molar-refractivity contribution is -0.146. The minimum Gasteiger partial charge on any atom is -0.462 e. The van der Waals surface area contributed by atoms with Crippen LogP contribution >= 0.6 is 0 Å². The highest BCUT2D eigenvalue weighted by molar-refractivity contribution is 5.89. The number of methoxy groups -OCH3 is 1. The number of carbonyl (C=O) groups is 1. The maximum Gasteiger partial charge on any atom is 0.338 e. The highest BCUT2D eigenvalue weighted by atomic mass is 16.7. The lowest BCUT2D eigenvalue weighted by Crippen LogP contribution is -2.21. The molecule has 0 saturated carbocycles. The van der Waals surface area contributed by atoms with Gasteiger partial charge in [0.05, 0.1) is 18.3 Å². The second-order valence-corrected chi connectivity index (χ2v) is 2.75. The van der Waals surface area contributed by atoms with E-state index in [2.05, 4.69) is 0 Å². The summed E-state index contributed by atoms with van der Waals surface area (Å²) in [5.74, 6) is -0.362. The summed E-state index contributed by atoms with van der Waals surface area (Å²) in [6.45, 7) is 3.97. The van der Waals surface area contributed by atoms with Gasteiger partial charge in [0.15, 0.2) is 6.29 Å². The predicted molar refractivity (Wildman–Crippen MR) is 46.1 cm³/mol. The van der Waals surface area contributed by atoms with Crippen molar-refractivity contribution in [3.8, 4) is 0 Å². The lowest BCUT2D eigenvalue weighted by Gasteiger charge is -2.12. The van der Waals surface area contributed by atoms with Gasteiger partial charge in [0.2, 0.25) is 0 Å². The molecule has 2 unspecified atom stereocenters. The Bertz CT molecular complexity index is 222. The Hall–Kier alpha value is -0.870. The maximum atomic E-state index is 11.3. The predicted octanol–water partition coefficient (Wildman–Crippen LogP) is 0.867. The molecule has 0 aliphatic carbocycles. The zero-order valence-corrected chi connectivity index (χ0v) is 8.07. The van der Waals surface area contributed by atoms with Crippen molar-refractivity contribution < 1.29 is 19.0 Å². The zero-order valence-electron chi connectivity index (χ0n) is 8.07. The number of rotatable bonds is 3. The van der Waals surface area contributed by atoms with Crippen LogP contribution in [0.15, 0.2) is 11.6 Å². The van der Waals surface area contributed by atoms with Crippen LogP contribution in [0.25, 0.3) is 0 Å². The van der Waals surface area contributed by atoms with Crippen LogP contribution in [0.1, 0.15) is 13.8 Å². The molecule has 4 heteroatoms. The molecule has 0 aromatic rings. The molecule has 0 amide bonds. The Kier molecular flexibility index (Phi) is 3.45. The van der Waals surface area contributed by atoms with Crippen LogP contribution in [-0.2, 0) is 19.0 Å². The highest BCUT2D eigenvalue weighted by Gasteiger charge is 2.30. The smallest absolute Gasteiger partial charge is 0.338 e. The Balaban J connectivity index is 2.65. The minimum absolute atomic E-state index is 0.0932. The summed E-state index contributed by atoms with van der Waals surface area (Å²) >= 11 is 0. The third kappa shape index (κ3) is 2.29. The fourth-order valence-corrected chi connectivity index (χ4v) is 1.20. The summed E-state index contributed by atoms with van der Waals surface area (Å²) in [6.07, 6.45) is 1.05. The third-order valence-electron chi connectivity index (χ3n) is 1.73. The van der Waals surface area contributed by atoms with Crippen LogP contribution < -0.4 is 0 Å². The van der Waals surface area contributed by atoms with Gasteiger partial charge in [-0.3, -0.25) is 0 Å². The zero-order chi connectivity index (χ0) is 9.84. The summed E-state index contributed by atoms with van der Waals surface area (Å²) < 4.78 is 15.1. The fourth-order valence-electron chi connectivity index (χ4n) is 1.20. The average Bonchev–Trinajstić information content (AvgIpc) is 2.47. The molecule has 1 aliphatic rings. The molecular formula is C9H14O4.